The van der Waals surface area contributed by atoms with Crippen LogP contribution in [-0.2, 0) is 22.5 Å². The summed E-state index contributed by atoms with van der Waals surface area (Å²) in [5.41, 5.74) is 1.01. The Morgan fingerprint density at radius 3 is 2.83 bits per heavy atom. The Bertz CT molecular complexity index is 625. The molecule has 0 spiro atoms. The molecule has 0 fully saturated rings. The van der Waals surface area contributed by atoms with E-state index in [0.717, 1.165) is 5.56 Å². The van der Waals surface area contributed by atoms with Crippen LogP contribution in [0.3, 0.4) is 0 Å². The van der Waals surface area contributed by atoms with E-state index in [0.29, 0.717) is 31.8 Å². The highest BCUT2D eigenvalue weighted by atomic mass is 16.5. The number of nitrogens with zero attached hydrogens (tertiary/aromatic N) is 3. The van der Waals surface area contributed by atoms with Gasteiger partial charge in [0.25, 0.3) is 0 Å². The summed E-state index contributed by atoms with van der Waals surface area (Å²) in [4.78, 5) is 12.1. The van der Waals surface area contributed by atoms with E-state index in [1.807, 2.05) is 23.6 Å². The predicted octanol–water partition coefficient (Wildman–Crippen LogP) is 1.44. The van der Waals surface area contributed by atoms with Crippen LogP contribution in [0.15, 0.2) is 30.6 Å². The average molecular weight is 318 g/mol. The molecule has 0 saturated carbocycles. The first-order valence-electron chi connectivity index (χ1n) is 7.54. The molecule has 1 heterocycles. The molecular formula is C16H22N4O3. The lowest BCUT2D eigenvalue weighted by atomic mass is 10.1. The van der Waals surface area contributed by atoms with Crippen LogP contribution < -0.4 is 5.32 Å². The fourth-order valence-corrected chi connectivity index (χ4v) is 2.26. The molecule has 0 aliphatic rings. The minimum Gasteiger partial charge on any atom is -0.508 e. The largest absolute Gasteiger partial charge is 0.508 e. The van der Waals surface area contributed by atoms with Gasteiger partial charge in [-0.3, -0.25) is 4.79 Å². The second-order valence-corrected chi connectivity index (χ2v) is 5.33. The molecule has 23 heavy (non-hydrogen) atoms. The SMILES string of the molecule is COCCn1cnnc1C(C)NC(=O)CCc1ccc(O)cc1. The predicted molar refractivity (Wildman–Crippen MR) is 84.9 cm³/mol. The number of phenols is 1. The van der Waals surface area contributed by atoms with Gasteiger partial charge in [0.1, 0.15) is 12.1 Å². The van der Waals surface area contributed by atoms with Gasteiger partial charge in [0.15, 0.2) is 5.82 Å². The minimum atomic E-state index is -0.221. The highest BCUT2D eigenvalue weighted by Gasteiger charge is 2.15. The molecule has 2 aromatic rings. The lowest BCUT2D eigenvalue weighted by Crippen LogP contribution is -2.29. The second kappa shape index (κ2) is 8.28. The van der Waals surface area contributed by atoms with Gasteiger partial charge in [-0.2, -0.15) is 0 Å². The van der Waals surface area contributed by atoms with E-state index in [9.17, 15) is 9.90 Å². The van der Waals surface area contributed by atoms with E-state index in [4.69, 9.17) is 4.74 Å². The summed E-state index contributed by atoms with van der Waals surface area (Å²) >= 11 is 0. The Balaban J connectivity index is 1.84. The first-order chi connectivity index (χ1) is 11.1. The summed E-state index contributed by atoms with van der Waals surface area (Å²) in [6, 6.07) is 6.64. The van der Waals surface area contributed by atoms with Crippen LogP contribution >= 0.6 is 0 Å². The van der Waals surface area contributed by atoms with Crippen molar-refractivity contribution in [1.82, 2.24) is 20.1 Å². The molecule has 0 bridgehead atoms. The van der Waals surface area contributed by atoms with E-state index < -0.39 is 0 Å². The van der Waals surface area contributed by atoms with E-state index in [-0.39, 0.29) is 17.7 Å². The van der Waals surface area contributed by atoms with Crippen LogP contribution in [0.1, 0.15) is 30.8 Å². The molecule has 0 aliphatic heterocycles. The van der Waals surface area contributed by atoms with Gasteiger partial charge in [-0.15, -0.1) is 10.2 Å². The average Bonchev–Trinajstić information content (AvgIpc) is 3.01. The van der Waals surface area contributed by atoms with Crippen molar-refractivity contribution in [3.63, 3.8) is 0 Å². The van der Waals surface area contributed by atoms with Crippen LogP contribution in [0.2, 0.25) is 0 Å². The summed E-state index contributed by atoms with van der Waals surface area (Å²) < 4.78 is 6.91. The number of carbonyl (C=O) groups is 1. The molecule has 0 radical (unpaired) electrons. The number of amides is 1. The molecule has 1 aromatic carbocycles. The van der Waals surface area contributed by atoms with Gasteiger partial charge in [-0.05, 0) is 31.0 Å². The van der Waals surface area contributed by atoms with Gasteiger partial charge in [-0.25, -0.2) is 0 Å². The quantitative estimate of drug-likeness (QED) is 0.769. The monoisotopic (exact) mass is 318 g/mol. The number of nitrogens with one attached hydrogen (secondary N) is 1. The van der Waals surface area contributed by atoms with E-state index in [1.54, 1.807) is 25.6 Å². The van der Waals surface area contributed by atoms with Crippen LogP contribution in [0.5, 0.6) is 5.75 Å². The maximum atomic E-state index is 12.1. The number of methoxy groups -OCH3 is 1. The molecule has 0 saturated heterocycles. The summed E-state index contributed by atoms with van der Waals surface area (Å²) in [6.45, 7) is 3.09. The number of hydrogen-bond donors (Lipinski definition) is 2. The van der Waals surface area contributed by atoms with Crippen molar-refractivity contribution < 1.29 is 14.6 Å². The van der Waals surface area contributed by atoms with Crippen molar-refractivity contribution in [3.05, 3.63) is 42.0 Å². The number of hydrogen-bond acceptors (Lipinski definition) is 5. The van der Waals surface area contributed by atoms with E-state index >= 15 is 0 Å². The van der Waals surface area contributed by atoms with Gasteiger partial charge in [-0.1, -0.05) is 12.1 Å². The Morgan fingerprint density at radius 1 is 1.39 bits per heavy atom. The number of aromatic hydroxyl groups is 1. The zero-order valence-corrected chi connectivity index (χ0v) is 13.4. The summed E-state index contributed by atoms with van der Waals surface area (Å²) in [7, 11) is 1.64. The van der Waals surface area contributed by atoms with Crippen LogP contribution in [0, 0.1) is 0 Å². The molecule has 124 valence electrons. The zero-order chi connectivity index (χ0) is 16.7. The van der Waals surface area contributed by atoms with Gasteiger partial charge in [0, 0.05) is 20.1 Å². The van der Waals surface area contributed by atoms with E-state index in [2.05, 4.69) is 15.5 Å². The number of aryl methyl sites for hydroxylation is 1. The normalized spacial score (nSPS) is 12.1. The van der Waals surface area contributed by atoms with Crippen molar-refractivity contribution in [1.29, 1.82) is 0 Å². The minimum absolute atomic E-state index is 0.0492. The van der Waals surface area contributed by atoms with Crippen molar-refractivity contribution in [2.75, 3.05) is 13.7 Å². The van der Waals surface area contributed by atoms with E-state index in [1.165, 1.54) is 0 Å². The fourth-order valence-electron chi connectivity index (χ4n) is 2.26. The molecule has 1 unspecified atom stereocenters. The third-order valence-electron chi connectivity index (χ3n) is 3.52. The molecule has 1 amide bonds. The van der Waals surface area contributed by atoms with Crippen molar-refractivity contribution in [3.8, 4) is 5.75 Å². The lowest BCUT2D eigenvalue weighted by molar-refractivity contribution is -0.121. The third-order valence-corrected chi connectivity index (χ3v) is 3.52. The smallest absolute Gasteiger partial charge is 0.220 e. The van der Waals surface area contributed by atoms with Crippen molar-refractivity contribution in [2.45, 2.75) is 32.4 Å². The maximum absolute atomic E-state index is 12.1. The molecule has 1 aromatic heterocycles. The Labute approximate surface area is 135 Å². The van der Waals surface area contributed by atoms with Crippen LogP contribution in [0.25, 0.3) is 0 Å². The number of ether oxygens (including phenoxy) is 1. The van der Waals surface area contributed by atoms with Crippen LogP contribution in [0.4, 0.5) is 0 Å². The Hall–Kier alpha value is -2.41. The van der Waals surface area contributed by atoms with Gasteiger partial charge >= 0.3 is 0 Å². The van der Waals surface area contributed by atoms with Gasteiger partial charge < -0.3 is 19.7 Å². The molecule has 0 aliphatic carbocycles. The van der Waals surface area contributed by atoms with Gasteiger partial charge in [0.2, 0.25) is 5.91 Å². The first-order valence-corrected chi connectivity index (χ1v) is 7.54. The zero-order valence-electron chi connectivity index (χ0n) is 13.4. The topological polar surface area (TPSA) is 89.3 Å². The molecule has 1 atom stereocenters. The number of phenolic OH excluding ortho intramolecular Hbond substituents is 1. The lowest BCUT2D eigenvalue weighted by Gasteiger charge is -2.14. The Morgan fingerprint density at radius 2 is 2.13 bits per heavy atom. The fraction of sp³-hybridized carbons (Fsp3) is 0.438. The van der Waals surface area contributed by atoms with Crippen LogP contribution in [-0.4, -0.2) is 39.5 Å². The number of carbonyl (C=O) groups excluding carboxylic acids is 1. The maximum Gasteiger partial charge on any atom is 0.220 e. The summed E-state index contributed by atoms with van der Waals surface area (Å²) in [5, 5.41) is 20.1. The number of aromatic nitrogens is 3. The van der Waals surface area contributed by atoms with Gasteiger partial charge in [0.05, 0.1) is 12.6 Å². The second-order valence-electron chi connectivity index (χ2n) is 5.33. The molecule has 7 heteroatoms. The standard InChI is InChI=1S/C16H22N4O3/c1-12(16-19-17-11-20(16)9-10-23-2)18-15(22)8-5-13-3-6-14(21)7-4-13/h3-4,6-7,11-12,21H,5,8-10H2,1-2H3,(H,18,22). The number of benzene rings is 1. The summed E-state index contributed by atoms with van der Waals surface area (Å²) in [6.07, 6.45) is 2.63. The third kappa shape index (κ3) is 5.07. The molecule has 7 nitrogen and oxygen atoms in total. The van der Waals surface area contributed by atoms with Crippen molar-refractivity contribution >= 4 is 5.91 Å². The highest BCUT2D eigenvalue weighted by Crippen LogP contribution is 2.12. The first kappa shape index (κ1) is 17.0. The molecule has 2 N–H and O–H groups in total. The summed E-state index contributed by atoms with van der Waals surface area (Å²) in [5.74, 6) is 0.883. The van der Waals surface area contributed by atoms with Crippen molar-refractivity contribution in [2.24, 2.45) is 0 Å². The number of rotatable bonds is 8. The highest BCUT2D eigenvalue weighted by molar-refractivity contribution is 5.76. The molecular weight excluding hydrogens is 296 g/mol. The molecule has 2 rings (SSSR count). The Kier molecular flexibility index (Phi) is 6.10.